The number of likely N-dealkylation sites (tertiary alicyclic amines) is 1. The molecule has 1 saturated heterocycles. The van der Waals surface area contributed by atoms with Gasteiger partial charge in [-0.3, -0.25) is 4.90 Å². The number of fused-ring (bicyclic) bond motifs is 1. The average molecular weight is 430 g/mol. The van der Waals surface area contributed by atoms with Crippen LogP contribution in [0.4, 0.5) is 0 Å². The van der Waals surface area contributed by atoms with Gasteiger partial charge in [0.25, 0.3) is 0 Å². The number of aromatic amines is 1. The van der Waals surface area contributed by atoms with Gasteiger partial charge < -0.3 is 9.88 Å². The third-order valence-corrected chi connectivity index (χ3v) is 8.36. The molecule has 0 atom stereocenters. The van der Waals surface area contributed by atoms with Gasteiger partial charge in [-0.25, -0.2) is 0 Å². The van der Waals surface area contributed by atoms with E-state index in [4.69, 9.17) is 0 Å². The predicted molar refractivity (Wildman–Crippen MR) is 135 cm³/mol. The van der Waals surface area contributed by atoms with E-state index in [9.17, 15) is 0 Å². The summed E-state index contributed by atoms with van der Waals surface area (Å²) >= 11 is 0. The van der Waals surface area contributed by atoms with Crippen LogP contribution in [0.3, 0.4) is 0 Å². The van der Waals surface area contributed by atoms with E-state index in [0.29, 0.717) is 5.92 Å². The van der Waals surface area contributed by atoms with Crippen LogP contribution in [0.1, 0.15) is 67.7 Å². The molecule has 0 spiro atoms. The van der Waals surface area contributed by atoms with E-state index in [-0.39, 0.29) is 5.54 Å². The molecule has 2 aliphatic rings. The zero-order valence-electron chi connectivity index (χ0n) is 19.9. The number of hydrogen-bond acceptors (Lipinski definition) is 2. The third-order valence-electron chi connectivity index (χ3n) is 8.36. The van der Waals surface area contributed by atoms with Crippen molar-refractivity contribution in [2.24, 2.45) is 0 Å². The van der Waals surface area contributed by atoms with Crippen molar-refractivity contribution in [3.05, 3.63) is 71.4 Å². The lowest BCUT2D eigenvalue weighted by molar-refractivity contribution is 0.0903. The zero-order chi connectivity index (χ0) is 22.0. The fourth-order valence-electron chi connectivity index (χ4n) is 6.42. The monoisotopic (exact) mass is 429 g/mol. The van der Waals surface area contributed by atoms with Gasteiger partial charge in [-0.15, -0.1) is 0 Å². The standard InChI is InChI=1S/C29H39N3/c1-31(2)29(24-11-5-3-6-12-24)18-15-23(16-19-29)28-26(17-22-32-20-9-4-10-21-32)25-13-7-8-14-27(25)30-28/h3,5-8,11-14,23,30H,4,9-10,15-22H2,1-2H3. The van der Waals surface area contributed by atoms with E-state index in [1.807, 2.05) is 0 Å². The first-order valence-corrected chi connectivity index (χ1v) is 12.7. The van der Waals surface area contributed by atoms with Gasteiger partial charge in [-0.2, -0.15) is 0 Å². The molecular formula is C29H39N3. The molecule has 1 aliphatic heterocycles. The summed E-state index contributed by atoms with van der Waals surface area (Å²) in [6.45, 7) is 3.76. The SMILES string of the molecule is CN(C)C1(c2ccccc2)CCC(c2[nH]c3ccccc3c2CCN2CCCCC2)CC1. The fraction of sp³-hybridized carbons (Fsp3) is 0.517. The number of benzene rings is 2. The molecule has 2 heterocycles. The molecule has 2 fully saturated rings. The van der Waals surface area contributed by atoms with Crippen molar-refractivity contribution in [1.29, 1.82) is 0 Å². The van der Waals surface area contributed by atoms with E-state index in [0.717, 1.165) is 0 Å². The van der Waals surface area contributed by atoms with Gasteiger partial charge >= 0.3 is 0 Å². The van der Waals surface area contributed by atoms with Gasteiger partial charge in [0.1, 0.15) is 0 Å². The Morgan fingerprint density at radius 2 is 1.59 bits per heavy atom. The summed E-state index contributed by atoms with van der Waals surface area (Å²) in [6.07, 6.45) is 10.3. The Kier molecular flexibility index (Phi) is 6.39. The van der Waals surface area contributed by atoms with Crippen LogP contribution in [0.25, 0.3) is 10.9 Å². The summed E-state index contributed by atoms with van der Waals surface area (Å²) < 4.78 is 0. The Bertz CT molecular complexity index is 1010. The van der Waals surface area contributed by atoms with Gasteiger partial charge in [-0.05, 0) is 95.2 Å². The Morgan fingerprint density at radius 1 is 0.906 bits per heavy atom. The van der Waals surface area contributed by atoms with Gasteiger partial charge in [0.15, 0.2) is 0 Å². The smallest absolute Gasteiger partial charge is 0.0459 e. The Hall–Kier alpha value is -2.10. The third kappa shape index (κ3) is 4.13. The molecule has 3 nitrogen and oxygen atoms in total. The van der Waals surface area contributed by atoms with Crippen LogP contribution in [-0.4, -0.2) is 48.5 Å². The summed E-state index contributed by atoms with van der Waals surface area (Å²) in [5.74, 6) is 0.635. The van der Waals surface area contributed by atoms with Gasteiger partial charge in [-0.1, -0.05) is 55.0 Å². The topological polar surface area (TPSA) is 22.3 Å². The lowest BCUT2D eigenvalue weighted by atomic mass is 9.70. The molecular weight excluding hydrogens is 390 g/mol. The molecule has 3 heteroatoms. The molecule has 1 N–H and O–H groups in total. The minimum atomic E-state index is 0.164. The van der Waals surface area contributed by atoms with Crippen LogP contribution in [-0.2, 0) is 12.0 Å². The Balaban J connectivity index is 1.39. The molecule has 0 radical (unpaired) electrons. The second-order valence-corrected chi connectivity index (χ2v) is 10.3. The van der Waals surface area contributed by atoms with Crippen molar-refractivity contribution in [2.45, 2.75) is 62.8 Å². The van der Waals surface area contributed by atoms with Crippen LogP contribution >= 0.6 is 0 Å². The molecule has 32 heavy (non-hydrogen) atoms. The van der Waals surface area contributed by atoms with Crippen molar-refractivity contribution >= 4 is 10.9 Å². The number of piperidine rings is 1. The molecule has 0 bridgehead atoms. The van der Waals surface area contributed by atoms with Crippen LogP contribution in [0.15, 0.2) is 54.6 Å². The van der Waals surface area contributed by atoms with Gasteiger partial charge in [0, 0.05) is 28.7 Å². The second kappa shape index (κ2) is 9.41. The number of aromatic nitrogens is 1. The van der Waals surface area contributed by atoms with Crippen molar-refractivity contribution < 1.29 is 0 Å². The highest BCUT2D eigenvalue weighted by atomic mass is 15.1. The summed E-state index contributed by atoms with van der Waals surface area (Å²) in [4.78, 5) is 9.04. The fourth-order valence-corrected chi connectivity index (χ4v) is 6.42. The molecule has 1 aromatic heterocycles. The molecule has 3 aromatic rings. The highest BCUT2D eigenvalue weighted by molar-refractivity contribution is 5.85. The molecule has 1 aliphatic carbocycles. The number of H-pyrrole nitrogens is 1. The quantitative estimate of drug-likeness (QED) is 0.496. The van der Waals surface area contributed by atoms with E-state index in [1.54, 1.807) is 5.56 Å². The lowest BCUT2D eigenvalue weighted by Gasteiger charge is -2.45. The van der Waals surface area contributed by atoms with Crippen molar-refractivity contribution in [3.8, 4) is 0 Å². The maximum Gasteiger partial charge on any atom is 0.0459 e. The van der Waals surface area contributed by atoms with E-state index < -0.39 is 0 Å². The first-order valence-electron chi connectivity index (χ1n) is 12.7. The molecule has 2 aromatic carbocycles. The van der Waals surface area contributed by atoms with Crippen LogP contribution in [0.5, 0.6) is 0 Å². The maximum absolute atomic E-state index is 3.89. The highest BCUT2D eigenvalue weighted by Crippen LogP contribution is 2.47. The number of para-hydroxylation sites is 1. The lowest BCUT2D eigenvalue weighted by Crippen LogP contribution is -2.44. The second-order valence-electron chi connectivity index (χ2n) is 10.3. The summed E-state index contributed by atoms with van der Waals surface area (Å²) in [5, 5.41) is 1.45. The van der Waals surface area contributed by atoms with E-state index in [1.165, 1.54) is 93.2 Å². The summed E-state index contributed by atoms with van der Waals surface area (Å²) in [5.41, 5.74) is 6.09. The maximum atomic E-state index is 3.89. The van der Waals surface area contributed by atoms with Crippen molar-refractivity contribution in [2.75, 3.05) is 33.7 Å². The minimum absolute atomic E-state index is 0.164. The molecule has 170 valence electrons. The normalized spacial score (nSPS) is 24.9. The highest BCUT2D eigenvalue weighted by Gasteiger charge is 2.39. The van der Waals surface area contributed by atoms with Crippen molar-refractivity contribution in [3.63, 3.8) is 0 Å². The van der Waals surface area contributed by atoms with Gasteiger partial charge in [0.05, 0.1) is 0 Å². The van der Waals surface area contributed by atoms with Crippen LogP contribution < -0.4 is 0 Å². The van der Waals surface area contributed by atoms with Crippen LogP contribution in [0.2, 0.25) is 0 Å². The van der Waals surface area contributed by atoms with E-state index >= 15 is 0 Å². The average Bonchev–Trinajstić information content (AvgIpc) is 3.22. The molecule has 0 unspecified atom stereocenters. The first kappa shape index (κ1) is 21.7. The summed E-state index contributed by atoms with van der Waals surface area (Å²) in [6, 6.07) is 20.2. The number of rotatable bonds is 6. The van der Waals surface area contributed by atoms with Gasteiger partial charge in [0.2, 0.25) is 0 Å². The molecule has 5 rings (SSSR count). The summed E-state index contributed by atoms with van der Waals surface area (Å²) in [7, 11) is 4.53. The predicted octanol–water partition coefficient (Wildman–Crippen LogP) is 6.31. The molecule has 1 saturated carbocycles. The Morgan fingerprint density at radius 3 is 2.31 bits per heavy atom. The first-order chi connectivity index (χ1) is 15.7. The zero-order valence-corrected chi connectivity index (χ0v) is 19.9. The largest absolute Gasteiger partial charge is 0.358 e. The number of hydrogen-bond donors (Lipinski definition) is 1. The number of nitrogens with zero attached hydrogens (tertiary/aromatic N) is 2. The van der Waals surface area contributed by atoms with E-state index in [2.05, 4.69) is 83.5 Å². The Labute approximate surface area is 193 Å². The minimum Gasteiger partial charge on any atom is -0.358 e. The van der Waals surface area contributed by atoms with Crippen LogP contribution in [0, 0.1) is 0 Å². The number of nitrogens with one attached hydrogen (secondary N) is 1. The molecule has 0 amide bonds. The van der Waals surface area contributed by atoms with Crippen molar-refractivity contribution in [1.82, 2.24) is 14.8 Å².